The van der Waals surface area contributed by atoms with Crippen molar-refractivity contribution in [2.75, 3.05) is 25.5 Å². The molecule has 0 radical (unpaired) electrons. The molecule has 2 rings (SSSR count). The van der Waals surface area contributed by atoms with Crippen LogP contribution in [0.4, 0.5) is 10.1 Å². The average molecular weight is 357 g/mol. The van der Waals surface area contributed by atoms with Gasteiger partial charge in [-0.25, -0.2) is 4.39 Å². The number of nitrogens with one attached hydrogen (secondary N) is 2. The minimum Gasteiger partial charge on any atom is -0.343 e. The number of hydrogen-bond acceptors (Lipinski definition) is 3. The first-order chi connectivity index (χ1) is 12.4. The van der Waals surface area contributed by atoms with Gasteiger partial charge in [0.25, 0.3) is 5.91 Å². The molecule has 0 bridgehead atoms. The van der Waals surface area contributed by atoms with Crippen molar-refractivity contribution >= 4 is 23.4 Å². The predicted molar refractivity (Wildman–Crippen MR) is 96.2 cm³/mol. The van der Waals surface area contributed by atoms with Crippen LogP contribution in [0.1, 0.15) is 15.9 Å². The van der Waals surface area contributed by atoms with Crippen molar-refractivity contribution in [1.82, 2.24) is 10.2 Å². The number of aryl methyl sites for hydroxylation is 1. The van der Waals surface area contributed by atoms with Gasteiger partial charge >= 0.3 is 0 Å². The molecular formula is C19H20FN3O3. The van der Waals surface area contributed by atoms with E-state index in [1.165, 1.54) is 30.1 Å². The van der Waals surface area contributed by atoms with E-state index >= 15 is 0 Å². The van der Waals surface area contributed by atoms with Gasteiger partial charge in [0.1, 0.15) is 5.82 Å². The quantitative estimate of drug-likeness (QED) is 0.830. The van der Waals surface area contributed by atoms with E-state index in [9.17, 15) is 18.8 Å². The topological polar surface area (TPSA) is 78.5 Å². The van der Waals surface area contributed by atoms with Gasteiger partial charge in [-0.15, -0.1) is 0 Å². The number of hydrogen-bond donors (Lipinski definition) is 2. The van der Waals surface area contributed by atoms with Gasteiger partial charge in [0.15, 0.2) is 0 Å². The van der Waals surface area contributed by atoms with E-state index in [4.69, 9.17) is 0 Å². The molecule has 0 fully saturated rings. The lowest BCUT2D eigenvalue weighted by Crippen LogP contribution is -2.41. The Morgan fingerprint density at radius 1 is 1.04 bits per heavy atom. The molecule has 0 aliphatic heterocycles. The molecule has 2 aromatic carbocycles. The molecule has 7 heteroatoms. The van der Waals surface area contributed by atoms with Gasteiger partial charge in [-0.1, -0.05) is 29.8 Å². The first kappa shape index (κ1) is 19.1. The lowest BCUT2D eigenvalue weighted by molar-refractivity contribution is -0.132. The highest BCUT2D eigenvalue weighted by atomic mass is 19.1. The number of anilines is 1. The summed E-state index contributed by atoms with van der Waals surface area (Å²) >= 11 is 0. The number of likely N-dealkylation sites (N-methyl/N-ethyl adjacent to an activating group) is 1. The Morgan fingerprint density at radius 2 is 1.69 bits per heavy atom. The average Bonchev–Trinajstić information content (AvgIpc) is 2.61. The summed E-state index contributed by atoms with van der Waals surface area (Å²) in [5.74, 6) is -2.17. The minimum absolute atomic E-state index is 0.139. The third-order valence-corrected chi connectivity index (χ3v) is 3.66. The molecule has 0 heterocycles. The van der Waals surface area contributed by atoms with Crippen LogP contribution in [0.5, 0.6) is 0 Å². The van der Waals surface area contributed by atoms with Crippen molar-refractivity contribution in [1.29, 1.82) is 0 Å². The molecule has 3 amide bonds. The first-order valence-electron chi connectivity index (χ1n) is 8.00. The monoisotopic (exact) mass is 357 g/mol. The third kappa shape index (κ3) is 5.41. The summed E-state index contributed by atoms with van der Waals surface area (Å²) in [7, 11) is 1.45. The molecule has 0 spiro atoms. The Morgan fingerprint density at radius 3 is 2.35 bits per heavy atom. The number of rotatable bonds is 6. The summed E-state index contributed by atoms with van der Waals surface area (Å²) in [6.07, 6.45) is 0. The predicted octanol–water partition coefficient (Wildman–Crippen LogP) is 1.96. The summed E-state index contributed by atoms with van der Waals surface area (Å²) < 4.78 is 13.5. The fourth-order valence-corrected chi connectivity index (χ4v) is 2.17. The molecule has 0 saturated heterocycles. The second kappa shape index (κ2) is 8.75. The zero-order chi connectivity index (χ0) is 19.1. The van der Waals surface area contributed by atoms with Gasteiger partial charge in [-0.05, 0) is 31.2 Å². The Bertz CT molecular complexity index is 806. The molecule has 136 valence electrons. The molecule has 0 aromatic heterocycles. The summed E-state index contributed by atoms with van der Waals surface area (Å²) in [6, 6.07) is 12.8. The number of amides is 3. The van der Waals surface area contributed by atoms with Gasteiger partial charge in [-0.3, -0.25) is 14.4 Å². The van der Waals surface area contributed by atoms with Crippen LogP contribution in [0.3, 0.4) is 0 Å². The maximum absolute atomic E-state index is 13.5. The highest BCUT2D eigenvalue weighted by Gasteiger charge is 2.16. The van der Waals surface area contributed by atoms with Gasteiger partial charge in [0, 0.05) is 12.7 Å². The molecule has 0 unspecified atom stereocenters. The second-order valence-electron chi connectivity index (χ2n) is 5.83. The Kier molecular flexibility index (Phi) is 6.43. The fraction of sp³-hybridized carbons (Fsp3) is 0.211. The maximum atomic E-state index is 13.5. The van der Waals surface area contributed by atoms with Crippen molar-refractivity contribution in [3.05, 3.63) is 65.5 Å². The molecule has 0 aliphatic rings. The summed E-state index contributed by atoms with van der Waals surface area (Å²) in [5.41, 5.74) is 1.57. The van der Waals surface area contributed by atoms with Crippen molar-refractivity contribution in [3.63, 3.8) is 0 Å². The standard InChI is InChI=1S/C19H20FN3O3/c1-13-7-9-14(10-8-13)22-17(24)12-23(2)18(25)11-21-19(26)15-5-3-4-6-16(15)20/h3-10H,11-12H2,1-2H3,(H,21,26)(H,22,24). The van der Waals surface area contributed by atoms with E-state index in [1.807, 2.05) is 19.1 Å². The Hall–Kier alpha value is -3.22. The van der Waals surface area contributed by atoms with Crippen molar-refractivity contribution in [2.24, 2.45) is 0 Å². The smallest absolute Gasteiger partial charge is 0.254 e. The number of benzene rings is 2. The van der Waals surface area contributed by atoms with Crippen LogP contribution in [0, 0.1) is 12.7 Å². The summed E-state index contributed by atoms with van der Waals surface area (Å²) in [6.45, 7) is 1.44. The highest BCUT2D eigenvalue weighted by molar-refractivity contribution is 5.98. The van der Waals surface area contributed by atoms with Crippen molar-refractivity contribution < 1.29 is 18.8 Å². The zero-order valence-corrected chi connectivity index (χ0v) is 14.6. The van der Waals surface area contributed by atoms with Crippen LogP contribution in [0.25, 0.3) is 0 Å². The molecule has 0 atom stereocenters. The molecular weight excluding hydrogens is 337 g/mol. The molecule has 6 nitrogen and oxygen atoms in total. The second-order valence-corrected chi connectivity index (χ2v) is 5.83. The van der Waals surface area contributed by atoms with Crippen molar-refractivity contribution in [3.8, 4) is 0 Å². The van der Waals surface area contributed by atoms with Crippen LogP contribution in [-0.4, -0.2) is 42.8 Å². The Labute approximate surface area is 151 Å². The van der Waals surface area contributed by atoms with Gasteiger partial charge in [0.2, 0.25) is 11.8 Å². The van der Waals surface area contributed by atoms with Crippen molar-refractivity contribution in [2.45, 2.75) is 6.92 Å². The third-order valence-electron chi connectivity index (χ3n) is 3.66. The van der Waals surface area contributed by atoms with Crippen LogP contribution in [0.15, 0.2) is 48.5 Å². The number of halogens is 1. The zero-order valence-electron chi connectivity index (χ0n) is 14.6. The van der Waals surface area contributed by atoms with E-state index < -0.39 is 17.6 Å². The Balaban J connectivity index is 1.81. The highest BCUT2D eigenvalue weighted by Crippen LogP contribution is 2.08. The normalized spacial score (nSPS) is 10.1. The molecule has 0 aliphatic carbocycles. The van der Waals surface area contributed by atoms with Crippen LogP contribution in [-0.2, 0) is 9.59 Å². The summed E-state index contributed by atoms with van der Waals surface area (Å²) in [4.78, 5) is 37.1. The van der Waals surface area contributed by atoms with Gasteiger partial charge in [0.05, 0.1) is 18.7 Å². The van der Waals surface area contributed by atoms with E-state index in [2.05, 4.69) is 10.6 Å². The lowest BCUT2D eigenvalue weighted by atomic mass is 10.2. The van der Waals surface area contributed by atoms with E-state index in [0.717, 1.165) is 11.6 Å². The molecule has 26 heavy (non-hydrogen) atoms. The van der Waals surface area contributed by atoms with Crippen LogP contribution >= 0.6 is 0 Å². The molecule has 2 N–H and O–H groups in total. The maximum Gasteiger partial charge on any atom is 0.254 e. The lowest BCUT2D eigenvalue weighted by Gasteiger charge is -2.17. The summed E-state index contributed by atoms with van der Waals surface area (Å²) in [5, 5.41) is 5.03. The van der Waals surface area contributed by atoms with E-state index in [-0.39, 0.29) is 24.6 Å². The first-order valence-corrected chi connectivity index (χ1v) is 8.00. The van der Waals surface area contributed by atoms with Gasteiger partial charge < -0.3 is 15.5 Å². The minimum atomic E-state index is -0.686. The van der Waals surface area contributed by atoms with Crippen LogP contribution in [0.2, 0.25) is 0 Å². The SMILES string of the molecule is Cc1ccc(NC(=O)CN(C)C(=O)CNC(=O)c2ccccc2F)cc1. The molecule has 2 aromatic rings. The van der Waals surface area contributed by atoms with Crippen LogP contribution < -0.4 is 10.6 Å². The van der Waals surface area contributed by atoms with Gasteiger partial charge in [-0.2, -0.15) is 0 Å². The van der Waals surface area contributed by atoms with E-state index in [1.54, 1.807) is 12.1 Å². The van der Waals surface area contributed by atoms with E-state index in [0.29, 0.717) is 5.69 Å². The fourth-order valence-electron chi connectivity index (χ4n) is 2.17. The number of carbonyl (C=O) groups is 3. The molecule has 0 saturated carbocycles. The number of carbonyl (C=O) groups excluding carboxylic acids is 3. The number of nitrogens with zero attached hydrogens (tertiary/aromatic N) is 1. The largest absolute Gasteiger partial charge is 0.343 e.